The Hall–Kier alpha value is -0.920. The predicted octanol–water partition coefficient (Wildman–Crippen LogP) is -0.131. The third kappa shape index (κ3) is 1.90. The van der Waals surface area contributed by atoms with E-state index in [2.05, 4.69) is 10.2 Å². The molecule has 1 atom stereocenters. The first-order valence-electron chi connectivity index (χ1n) is 4.89. The summed E-state index contributed by atoms with van der Waals surface area (Å²) in [7, 11) is -3.48. The summed E-state index contributed by atoms with van der Waals surface area (Å²) >= 11 is 0. The molecule has 6 nitrogen and oxygen atoms in total. The van der Waals surface area contributed by atoms with Crippen LogP contribution in [0.4, 0.5) is 0 Å². The van der Waals surface area contributed by atoms with E-state index in [1.165, 1.54) is 16.6 Å². The van der Waals surface area contributed by atoms with Gasteiger partial charge in [-0.2, -0.15) is 9.40 Å². The fourth-order valence-corrected chi connectivity index (χ4v) is 3.23. The lowest BCUT2D eigenvalue weighted by atomic mass is 10.1. The Kier molecular flexibility index (Phi) is 2.76. The van der Waals surface area contributed by atoms with Gasteiger partial charge in [0.2, 0.25) is 0 Å². The highest BCUT2D eigenvalue weighted by Gasteiger charge is 2.32. The number of nitrogens with two attached hydrogens (primary N) is 1. The molecule has 0 aliphatic carbocycles. The Morgan fingerprint density at radius 1 is 1.53 bits per heavy atom. The van der Waals surface area contributed by atoms with Crippen molar-refractivity contribution in [2.45, 2.75) is 30.5 Å². The fraction of sp³-hybridized carbons (Fsp3) is 0.625. The molecule has 0 radical (unpaired) electrons. The first-order valence-corrected chi connectivity index (χ1v) is 6.33. The number of nitrogens with one attached hydrogen (secondary N) is 1. The molecule has 1 fully saturated rings. The van der Waals surface area contributed by atoms with Crippen molar-refractivity contribution in [1.29, 1.82) is 0 Å². The second-order valence-electron chi connectivity index (χ2n) is 3.60. The van der Waals surface area contributed by atoms with Crippen molar-refractivity contribution >= 4 is 10.0 Å². The van der Waals surface area contributed by atoms with Crippen molar-refractivity contribution in [3.63, 3.8) is 0 Å². The van der Waals surface area contributed by atoms with E-state index in [1.54, 1.807) is 0 Å². The molecule has 1 saturated heterocycles. The first kappa shape index (κ1) is 10.6. The van der Waals surface area contributed by atoms with E-state index in [1.807, 2.05) is 0 Å². The Bertz CT molecular complexity index is 414. The van der Waals surface area contributed by atoms with Gasteiger partial charge in [0.25, 0.3) is 10.0 Å². The normalized spacial score (nSPS) is 24.2. The lowest BCUT2D eigenvalue weighted by molar-refractivity contribution is 0.257. The lowest BCUT2D eigenvalue weighted by Gasteiger charge is -2.31. The number of H-pyrrole nitrogens is 1. The topological polar surface area (TPSA) is 92.1 Å². The third-order valence-electron chi connectivity index (χ3n) is 2.56. The van der Waals surface area contributed by atoms with Crippen molar-refractivity contribution in [3.05, 3.63) is 12.3 Å². The molecule has 2 rings (SSSR count). The van der Waals surface area contributed by atoms with Gasteiger partial charge in [-0.05, 0) is 25.3 Å². The summed E-state index contributed by atoms with van der Waals surface area (Å²) in [6, 6.07) is 1.44. The van der Waals surface area contributed by atoms with Gasteiger partial charge in [-0.25, -0.2) is 8.42 Å². The predicted molar refractivity (Wildman–Crippen MR) is 54.3 cm³/mol. The highest BCUT2D eigenvalue weighted by Crippen LogP contribution is 2.21. The highest BCUT2D eigenvalue weighted by molar-refractivity contribution is 7.89. The summed E-state index contributed by atoms with van der Waals surface area (Å²) in [6.07, 6.45) is 3.57. The van der Waals surface area contributed by atoms with Gasteiger partial charge in [0.05, 0.1) is 12.4 Å². The van der Waals surface area contributed by atoms with E-state index in [4.69, 9.17) is 5.73 Å². The van der Waals surface area contributed by atoms with Crippen LogP contribution in [0, 0.1) is 0 Å². The molecule has 0 saturated carbocycles. The van der Waals surface area contributed by atoms with Crippen LogP contribution in [0.2, 0.25) is 0 Å². The third-order valence-corrected chi connectivity index (χ3v) is 4.41. The van der Waals surface area contributed by atoms with Gasteiger partial charge >= 0.3 is 0 Å². The van der Waals surface area contributed by atoms with Gasteiger partial charge in [-0.3, -0.25) is 5.10 Å². The standard InChI is InChI=1S/C8H14N4O2S/c9-7-3-1-2-6-12(7)15(13,14)8-4-5-10-11-8/h4-5,7H,1-3,6,9H2,(H,10,11). The number of hydrogen-bond acceptors (Lipinski definition) is 4. The number of nitrogens with zero attached hydrogens (tertiary/aromatic N) is 2. The largest absolute Gasteiger partial charge is 0.315 e. The number of aromatic amines is 1. The average molecular weight is 230 g/mol. The van der Waals surface area contributed by atoms with E-state index in [0.29, 0.717) is 13.0 Å². The van der Waals surface area contributed by atoms with Crippen molar-refractivity contribution < 1.29 is 8.42 Å². The minimum absolute atomic E-state index is 0.111. The van der Waals surface area contributed by atoms with Gasteiger partial charge < -0.3 is 5.73 Å². The Morgan fingerprint density at radius 2 is 2.33 bits per heavy atom. The Morgan fingerprint density at radius 3 is 2.93 bits per heavy atom. The van der Waals surface area contributed by atoms with Gasteiger partial charge in [-0.1, -0.05) is 0 Å². The zero-order valence-corrected chi connectivity index (χ0v) is 9.07. The molecular weight excluding hydrogens is 216 g/mol. The van der Waals surface area contributed by atoms with E-state index in [-0.39, 0.29) is 5.03 Å². The number of aromatic nitrogens is 2. The molecular formula is C8H14N4O2S. The summed E-state index contributed by atoms with van der Waals surface area (Å²) in [4.78, 5) is 0. The molecule has 3 N–H and O–H groups in total. The molecule has 0 aromatic carbocycles. The maximum Gasteiger partial charge on any atom is 0.261 e. The number of piperidine rings is 1. The lowest BCUT2D eigenvalue weighted by Crippen LogP contribution is -2.48. The molecule has 0 bridgehead atoms. The summed E-state index contributed by atoms with van der Waals surface area (Å²) in [5, 5.41) is 6.21. The van der Waals surface area contributed by atoms with E-state index in [9.17, 15) is 8.42 Å². The Labute approximate surface area is 88.5 Å². The van der Waals surface area contributed by atoms with Gasteiger partial charge in [0, 0.05) is 6.54 Å². The van der Waals surface area contributed by atoms with Crippen LogP contribution < -0.4 is 5.73 Å². The second kappa shape index (κ2) is 3.92. The molecule has 0 amide bonds. The van der Waals surface area contributed by atoms with Gasteiger partial charge in [0.15, 0.2) is 5.03 Å². The first-order chi connectivity index (χ1) is 7.12. The zero-order chi connectivity index (χ0) is 10.9. The average Bonchev–Trinajstić information content (AvgIpc) is 2.71. The minimum atomic E-state index is -3.48. The summed E-state index contributed by atoms with van der Waals surface area (Å²) < 4.78 is 25.4. The number of hydrogen-bond donors (Lipinski definition) is 2. The van der Waals surface area contributed by atoms with Crippen LogP contribution in [0.1, 0.15) is 19.3 Å². The van der Waals surface area contributed by atoms with Crippen molar-refractivity contribution in [1.82, 2.24) is 14.5 Å². The minimum Gasteiger partial charge on any atom is -0.315 e. The van der Waals surface area contributed by atoms with Crippen LogP contribution >= 0.6 is 0 Å². The van der Waals surface area contributed by atoms with Crippen LogP contribution in [0.25, 0.3) is 0 Å². The van der Waals surface area contributed by atoms with Crippen LogP contribution in [0.3, 0.4) is 0 Å². The summed E-state index contributed by atoms with van der Waals surface area (Å²) in [5.41, 5.74) is 5.78. The van der Waals surface area contributed by atoms with E-state index < -0.39 is 16.2 Å². The smallest absolute Gasteiger partial charge is 0.261 e. The maximum absolute atomic E-state index is 12.0. The van der Waals surface area contributed by atoms with E-state index >= 15 is 0 Å². The van der Waals surface area contributed by atoms with Crippen LogP contribution in [-0.2, 0) is 10.0 Å². The Balaban J connectivity index is 2.29. The molecule has 84 valence electrons. The monoisotopic (exact) mass is 230 g/mol. The zero-order valence-electron chi connectivity index (χ0n) is 8.26. The molecule has 1 aliphatic rings. The quantitative estimate of drug-likeness (QED) is 0.740. The number of rotatable bonds is 2. The van der Waals surface area contributed by atoms with Crippen molar-refractivity contribution in [2.24, 2.45) is 5.73 Å². The highest BCUT2D eigenvalue weighted by atomic mass is 32.2. The second-order valence-corrected chi connectivity index (χ2v) is 5.46. The molecule has 0 spiro atoms. The fourth-order valence-electron chi connectivity index (χ4n) is 1.74. The molecule has 1 aromatic rings. The van der Waals surface area contributed by atoms with E-state index in [0.717, 1.165) is 12.8 Å². The van der Waals surface area contributed by atoms with Crippen molar-refractivity contribution in [3.8, 4) is 0 Å². The number of sulfonamides is 1. The molecule has 1 aromatic heterocycles. The summed E-state index contributed by atoms with van der Waals surface area (Å²) in [5.74, 6) is 0. The van der Waals surface area contributed by atoms with Crippen LogP contribution in [0.5, 0.6) is 0 Å². The molecule has 1 aliphatic heterocycles. The SMILES string of the molecule is NC1CCCCN1S(=O)(=O)c1ccn[nH]1. The molecule has 15 heavy (non-hydrogen) atoms. The van der Waals surface area contributed by atoms with Crippen LogP contribution in [0.15, 0.2) is 17.3 Å². The van der Waals surface area contributed by atoms with Gasteiger partial charge in [0.1, 0.15) is 0 Å². The molecule has 7 heteroatoms. The van der Waals surface area contributed by atoms with Crippen LogP contribution in [-0.4, -0.2) is 35.6 Å². The molecule has 1 unspecified atom stereocenters. The maximum atomic E-state index is 12.0. The van der Waals surface area contributed by atoms with Crippen molar-refractivity contribution in [2.75, 3.05) is 6.54 Å². The summed E-state index contributed by atoms with van der Waals surface area (Å²) in [6.45, 7) is 0.489. The van der Waals surface area contributed by atoms with Gasteiger partial charge in [-0.15, -0.1) is 0 Å². The molecule has 2 heterocycles.